The number of hydrogen-bond acceptors (Lipinski definition) is 5. The first-order chi connectivity index (χ1) is 15.2. The molecule has 2 heterocycles. The monoisotopic (exact) mass is 452 g/mol. The number of nitrogens with one attached hydrogen (secondary N) is 3. The van der Waals surface area contributed by atoms with Gasteiger partial charge in [0.2, 0.25) is 10.0 Å². The Kier molecular flexibility index (Phi) is 5.72. The molecule has 0 aliphatic carbocycles. The summed E-state index contributed by atoms with van der Waals surface area (Å²) in [6, 6.07) is 15.3. The van der Waals surface area contributed by atoms with Gasteiger partial charge in [-0.3, -0.25) is 14.5 Å². The molecule has 0 aromatic heterocycles. The molecule has 0 fully saturated rings. The van der Waals surface area contributed by atoms with E-state index in [1.165, 1.54) is 12.1 Å². The molecule has 0 bridgehead atoms. The normalized spacial score (nSPS) is 17.0. The van der Waals surface area contributed by atoms with Crippen molar-refractivity contribution in [3.63, 3.8) is 0 Å². The summed E-state index contributed by atoms with van der Waals surface area (Å²) in [6.07, 6.45) is 0.230. The Bertz CT molecular complexity index is 1260. The highest BCUT2D eigenvalue weighted by molar-refractivity contribution is 7.89. The van der Waals surface area contributed by atoms with Gasteiger partial charge in [0.05, 0.1) is 33.6 Å². The fourth-order valence-electron chi connectivity index (χ4n) is 3.84. The third-order valence-electron chi connectivity index (χ3n) is 5.48. The quantitative estimate of drug-likeness (QED) is 0.554. The van der Waals surface area contributed by atoms with Gasteiger partial charge in [-0.1, -0.05) is 49.4 Å². The molecule has 0 spiro atoms. The molecule has 2 aliphatic heterocycles. The van der Waals surface area contributed by atoms with Crippen molar-refractivity contribution in [1.82, 2.24) is 20.3 Å². The predicted molar refractivity (Wildman–Crippen MR) is 121 cm³/mol. The predicted octanol–water partition coefficient (Wildman–Crippen LogP) is 1.64. The number of amides is 2. The fourth-order valence-corrected chi connectivity index (χ4v) is 5.25. The minimum atomic E-state index is -3.81. The molecule has 32 heavy (non-hydrogen) atoms. The Morgan fingerprint density at radius 2 is 1.44 bits per heavy atom. The minimum Gasteiger partial charge on any atom is -0.321 e. The molecule has 0 saturated carbocycles. The number of sulfonamides is 1. The zero-order valence-electron chi connectivity index (χ0n) is 18.0. The van der Waals surface area contributed by atoms with Crippen LogP contribution in [0, 0.1) is 0 Å². The SMILES string of the molecule is CCC(NS(=O)(=O)c1cccc(C2=C3C(=O)NC(c4ccccc4)=C3C(=O)N2)c1)N(C)C. The number of benzene rings is 2. The number of carbonyl (C=O) groups is 2. The Morgan fingerprint density at radius 3 is 2.00 bits per heavy atom. The van der Waals surface area contributed by atoms with Crippen molar-refractivity contribution in [2.45, 2.75) is 24.4 Å². The first kappa shape index (κ1) is 21.9. The number of carbonyl (C=O) groups excluding carboxylic acids is 2. The van der Waals surface area contributed by atoms with Gasteiger partial charge in [0.1, 0.15) is 0 Å². The first-order valence-electron chi connectivity index (χ1n) is 10.2. The van der Waals surface area contributed by atoms with Gasteiger partial charge in [-0.2, -0.15) is 4.72 Å². The van der Waals surface area contributed by atoms with Gasteiger partial charge in [-0.25, -0.2) is 8.42 Å². The van der Waals surface area contributed by atoms with Crippen LogP contribution in [0.4, 0.5) is 0 Å². The number of nitrogens with zero attached hydrogens (tertiary/aromatic N) is 1. The standard InChI is InChI=1S/C23H24N4O4S/c1-4-17(27(2)3)26-32(30,31)16-12-8-11-15(13-16)21-19-18(22(28)25-21)20(24-23(19)29)14-9-6-5-7-10-14/h5-13,17,26H,4H2,1-3H3,(H,24,29)(H,25,28). The van der Waals surface area contributed by atoms with Crippen LogP contribution in [-0.2, 0) is 19.6 Å². The van der Waals surface area contributed by atoms with E-state index in [-0.39, 0.29) is 22.2 Å². The smallest absolute Gasteiger partial charge is 0.258 e. The van der Waals surface area contributed by atoms with Crippen molar-refractivity contribution in [2.24, 2.45) is 0 Å². The van der Waals surface area contributed by atoms with E-state index in [1.54, 1.807) is 31.1 Å². The molecule has 166 valence electrons. The van der Waals surface area contributed by atoms with E-state index in [4.69, 9.17) is 0 Å². The molecule has 9 heteroatoms. The maximum absolute atomic E-state index is 12.9. The molecule has 2 amide bonds. The summed E-state index contributed by atoms with van der Waals surface area (Å²) in [4.78, 5) is 27.4. The number of rotatable bonds is 7. The van der Waals surface area contributed by atoms with Crippen LogP contribution in [0.25, 0.3) is 11.4 Å². The Hall–Kier alpha value is -3.27. The molecular formula is C23H24N4O4S. The van der Waals surface area contributed by atoms with Gasteiger partial charge in [0.25, 0.3) is 11.8 Å². The summed E-state index contributed by atoms with van der Waals surface area (Å²) < 4.78 is 28.5. The van der Waals surface area contributed by atoms with Crippen LogP contribution in [0.2, 0.25) is 0 Å². The van der Waals surface area contributed by atoms with E-state index in [0.717, 1.165) is 5.56 Å². The number of hydrogen-bond donors (Lipinski definition) is 3. The second kappa shape index (κ2) is 8.34. The summed E-state index contributed by atoms with van der Waals surface area (Å²) in [5.41, 5.74) is 2.38. The summed E-state index contributed by atoms with van der Waals surface area (Å²) in [6.45, 7) is 1.89. The van der Waals surface area contributed by atoms with Crippen molar-refractivity contribution in [1.29, 1.82) is 0 Å². The molecule has 4 rings (SSSR count). The summed E-state index contributed by atoms with van der Waals surface area (Å²) in [5.74, 6) is -0.811. The van der Waals surface area contributed by atoms with E-state index in [2.05, 4.69) is 15.4 Å². The van der Waals surface area contributed by atoms with Gasteiger partial charge >= 0.3 is 0 Å². The largest absolute Gasteiger partial charge is 0.321 e. The highest BCUT2D eigenvalue weighted by Gasteiger charge is 2.41. The van der Waals surface area contributed by atoms with Crippen molar-refractivity contribution in [3.05, 3.63) is 76.9 Å². The van der Waals surface area contributed by atoms with Crippen molar-refractivity contribution in [3.8, 4) is 0 Å². The lowest BCUT2D eigenvalue weighted by Crippen LogP contribution is -2.44. The molecule has 2 aromatic carbocycles. The lowest BCUT2D eigenvalue weighted by Gasteiger charge is -2.24. The van der Waals surface area contributed by atoms with Gasteiger partial charge in [-0.05, 0) is 38.2 Å². The van der Waals surface area contributed by atoms with Gasteiger partial charge in [-0.15, -0.1) is 0 Å². The molecular weight excluding hydrogens is 428 g/mol. The molecule has 3 N–H and O–H groups in total. The molecule has 2 aromatic rings. The zero-order valence-corrected chi connectivity index (χ0v) is 18.8. The number of fused-ring (bicyclic) bond motifs is 1. The molecule has 0 radical (unpaired) electrons. The second-order valence-electron chi connectivity index (χ2n) is 7.81. The lowest BCUT2D eigenvalue weighted by atomic mass is 10.0. The van der Waals surface area contributed by atoms with Crippen LogP contribution < -0.4 is 15.4 Å². The maximum atomic E-state index is 12.9. The molecule has 0 saturated heterocycles. The maximum Gasteiger partial charge on any atom is 0.258 e. The fraction of sp³-hybridized carbons (Fsp3) is 0.217. The molecule has 1 unspecified atom stereocenters. The minimum absolute atomic E-state index is 0.0526. The van der Waals surface area contributed by atoms with E-state index in [9.17, 15) is 18.0 Å². The van der Waals surface area contributed by atoms with Crippen molar-refractivity contribution in [2.75, 3.05) is 14.1 Å². The van der Waals surface area contributed by atoms with Crippen LogP contribution in [0.15, 0.2) is 70.6 Å². The second-order valence-corrected chi connectivity index (χ2v) is 9.53. The van der Waals surface area contributed by atoms with E-state index >= 15 is 0 Å². The van der Waals surface area contributed by atoms with Crippen molar-refractivity contribution >= 4 is 33.2 Å². The van der Waals surface area contributed by atoms with Gasteiger partial charge in [0.15, 0.2) is 0 Å². The van der Waals surface area contributed by atoms with Crippen LogP contribution in [0.3, 0.4) is 0 Å². The Balaban J connectivity index is 1.76. The Labute approximate surface area is 187 Å². The Morgan fingerprint density at radius 1 is 0.875 bits per heavy atom. The summed E-state index contributed by atoms with van der Waals surface area (Å²) in [5, 5.41) is 5.53. The molecule has 1 atom stereocenters. The lowest BCUT2D eigenvalue weighted by molar-refractivity contribution is -0.117. The molecule has 8 nitrogen and oxygen atoms in total. The van der Waals surface area contributed by atoms with E-state index in [1.807, 2.05) is 37.3 Å². The van der Waals surface area contributed by atoms with Crippen LogP contribution in [0.5, 0.6) is 0 Å². The van der Waals surface area contributed by atoms with Gasteiger partial charge in [0, 0.05) is 5.56 Å². The van der Waals surface area contributed by atoms with Gasteiger partial charge < -0.3 is 10.6 Å². The topological polar surface area (TPSA) is 108 Å². The summed E-state index contributed by atoms with van der Waals surface area (Å²) >= 11 is 0. The van der Waals surface area contributed by atoms with Crippen LogP contribution >= 0.6 is 0 Å². The molecule has 2 aliphatic rings. The average Bonchev–Trinajstić information content (AvgIpc) is 3.31. The van der Waals surface area contributed by atoms with Crippen LogP contribution in [0.1, 0.15) is 24.5 Å². The van der Waals surface area contributed by atoms with E-state index in [0.29, 0.717) is 23.4 Å². The first-order valence-corrected chi connectivity index (χ1v) is 11.7. The van der Waals surface area contributed by atoms with E-state index < -0.39 is 21.8 Å². The highest BCUT2D eigenvalue weighted by atomic mass is 32.2. The van der Waals surface area contributed by atoms with Crippen LogP contribution in [-0.4, -0.2) is 45.4 Å². The third-order valence-corrected chi connectivity index (χ3v) is 6.93. The van der Waals surface area contributed by atoms with Crippen molar-refractivity contribution < 1.29 is 18.0 Å². The summed E-state index contributed by atoms with van der Waals surface area (Å²) in [7, 11) is -0.219. The highest BCUT2D eigenvalue weighted by Crippen LogP contribution is 2.37. The average molecular weight is 453 g/mol. The third kappa shape index (κ3) is 3.86. The zero-order chi connectivity index (χ0) is 23.0.